The number of hydrogen-bond donors (Lipinski definition) is 0. The first-order chi connectivity index (χ1) is 58.0. The van der Waals surface area contributed by atoms with E-state index in [0.717, 1.165) is 155 Å². The maximum Gasteiger partial charge on any atom is 2.00 e. The number of aromatic nitrogens is 8. The molecule has 10 nitrogen and oxygen atoms in total. The number of nitrogens with zero attached hydrogens (tertiary/aromatic N) is 8. The molecule has 0 amide bonds. The Morgan fingerprint density at radius 1 is 0.214 bits per heavy atom. The Labute approximate surface area is 779 Å². The van der Waals surface area contributed by atoms with Gasteiger partial charge in [-0.05, 0) is 239 Å². The molecule has 4 aliphatic rings. The summed E-state index contributed by atoms with van der Waals surface area (Å²) in [4.78, 5) is 74.8. The molecule has 0 N–H and O–H groups in total. The molecule has 630 valence electrons. The monoisotopic (exact) mass is 1790 g/mol. The van der Waals surface area contributed by atoms with Crippen LogP contribution >= 0.6 is 23.5 Å². The molecule has 126 heavy (non-hydrogen) atoms. The van der Waals surface area contributed by atoms with Crippen LogP contribution in [0.3, 0.4) is 0 Å². The normalized spacial score (nSPS) is 13.2. The van der Waals surface area contributed by atoms with Crippen molar-refractivity contribution in [2.24, 2.45) is 0 Å². The first kappa shape index (κ1) is 92.0. The molecular weight excluding hydrogens is 1680 g/mol. The standard InChI is InChI=1S/C112H114N8O2S2.2Zn/c1-63(121)123-79-31-27-65(28-32-79)97-81-35-39-85(113-81)99(67-51-71(105(3,4)5)59-72(52-67)106(6,7)8)89-43-47-93(117-89)103(94-48-44-90(118-94)100(86-40-36-82(97)114-86)68-53-73(107(9,10)11)60-74(54-68)108(12,13)14)104-95-49-45-91(119-95)101(69-55-75(109(15,16)17)61-76(56-69)110(18,19)20)87-41-37-83(115-87)98(66-29-33-80(34-30-66)124-64(2)122)84-38-42-88(116-84)102(92-46-50-96(104)120-92)70-57-77(111(21,22)23)62-78(58-70)112(24,25)26;;/h27-62H,1-26H3;;/q-4;2*+2. The van der Waals surface area contributed by atoms with E-state index in [4.69, 9.17) is 39.9 Å². The third kappa shape index (κ3) is 18.8. The molecule has 12 aromatic rings. The summed E-state index contributed by atoms with van der Waals surface area (Å²) < 4.78 is 0. The molecule has 0 aliphatic carbocycles. The summed E-state index contributed by atoms with van der Waals surface area (Å²) in [5, 5.41) is 0.0286. The zero-order valence-electron chi connectivity index (χ0n) is 78.4. The molecule has 0 radical (unpaired) electrons. The van der Waals surface area contributed by atoms with Crippen molar-refractivity contribution in [3.8, 4) is 77.9 Å². The van der Waals surface area contributed by atoms with Crippen LogP contribution in [0, 0.1) is 0 Å². The van der Waals surface area contributed by atoms with Gasteiger partial charge in [0.1, 0.15) is 0 Å². The van der Waals surface area contributed by atoms with Gasteiger partial charge in [-0.15, -0.1) is 44.1 Å². The SMILES string of the molecule is CC(=O)Sc1ccc(-c2c3nc(c(-c4cc(C(C)(C)C)cc(C(C)(C)C)c4)c4ccc([n-]4)c(-c4c5nc(c(-c6cc(C(C)(C)C)cc(C(C)(C)C)c6)c6ccc([n-]6)c(-c6ccc(SC(C)=O)cc6)c6nc(c(-c7cc(C(C)(C)C)cc(C(C)(C)C)c7)c7ccc4[n-]7)C=C6)C=C5)c4nc(c(-c5cc(C(C)(C)C)cc(C(C)(C)C)c5)c5ccc2[n-]5)C=C4)C=C3)cc1.[Zn+2].[Zn+2]. The van der Waals surface area contributed by atoms with Crippen LogP contribution in [0.5, 0.6) is 0 Å². The number of benzene rings is 6. The van der Waals surface area contributed by atoms with Gasteiger partial charge in [-0.1, -0.05) is 335 Å². The predicted octanol–water partition coefficient (Wildman–Crippen LogP) is 29.5. The molecule has 0 atom stereocenters. The summed E-state index contributed by atoms with van der Waals surface area (Å²) in [7, 11) is 0. The van der Waals surface area contributed by atoms with Crippen LogP contribution in [0.4, 0.5) is 0 Å². The van der Waals surface area contributed by atoms with E-state index in [9.17, 15) is 9.59 Å². The number of carbonyl (C=O) groups excluding carboxylic acids is 2. The van der Waals surface area contributed by atoms with Gasteiger partial charge in [0, 0.05) is 23.6 Å². The van der Waals surface area contributed by atoms with Crippen molar-refractivity contribution in [1.82, 2.24) is 39.9 Å². The van der Waals surface area contributed by atoms with E-state index in [2.05, 4.69) is 360 Å². The fourth-order valence-corrected chi connectivity index (χ4v) is 17.9. The van der Waals surface area contributed by atoms with Gasteiger partial charge in [0.25, 0.3) is 0 Å². The number of carbonyl (C=O) groups is 2. The van der Waals surface area contributed by atoms with E-state index in [1.54, 1.807) is 13.8 Å². The molecule has 0 saturated heterocycles. The molecule has 16 bridgehead atoms. The van der Waals surface area contributed by atoms with Gasteiger partial charge in [0.2, 0.25) is 0 Å². The van der Waals surface area contributed by atoms with Gasteiger partial charge in [-0.3, -0.25) is 9.59 Å². The van der Waals surface area contributed by atoms with Gasteiger partial charge in [0.05, 0.1) is 45.6 Å². The zero-order chi connectivity index (χ0) is 88.8. The Hall–Kier alpha value is -10.2. The fourth-order valence-electron chi connectivity index (χ4n) is 16.7. The third-order valence-corrected chi connectivity index (χ3v) is 25.7. The average molecular weight is 1800 g/mol. The quantitative estimate of drug-likeness (QED) is 0.100. The van der Waals surface area contributed by atoms with E-state index in [0.29, 0.717) is 22.4 Å². The molecular formula is C112H114N8O2S2Zn2. The minimum absolute atomic E-state index is 0. The summed E-state index contributed by atoms with van der Waals surface area (Å²) in [6.07, 6.45) is 17.2. The molecule has 14 heteroatoms. The predicted molar refractivity (Wildman–Crippen MR) is 528 cm³/mol. The van der Waals surface area contributed by atoms with Gasteiger partial charge in [-0.2, -0.15) is 0 Å². The molecule has 10 heterocycles. The molecule has 6 aromatic heterocycles. The number of fused-ring (bicyclic) bond motifs is 16. The second kappa shape index (κ2) is 33.8. The Balaban J connectivity index is 0.00000644. The van der Waals surface area contributed by atoms with E-state index < -0.39 is 0 Å². The fraction of sp³-hybridized carbons (Fsp3) is 0.304. The van der Waals surface area contributed by atoms with Gasteiger partial charge in [-0.25, -0.2) is 19.9 Å². The Morgan fingerprint density at radius 2 is 0.365 bits per heavy atom. The number of thioether (sulfide) groups is 2. The van der Waals surface area contributed by atoms with Gasteiger partial charge in [0.15, 0.2) is 10.2 Å². The van der Waals surface area contributed by atoms with Crippen LogP contribution in [0.25, 0.3) is 171 Å². The Bertz CT molecular complexity index is 6220. The van der Waals surface area contributed by atoms with Crippen molar-refractivity contribution in [2.45, 2.75) is 233 Å². The minimum atomic E-state index is -0.242. The summed E-state index contributed by atoms with van der Waals surface area (Å²) >= 11 is 2.44. The molecule has 6 aromatic carbocycles. The zero-order valence-corrected chi connectivity index (χ0v) is 86.0. The first-order valence-corrected chi connectivity index (χ1v) is 45.0. The van der Waals surface area contributed by atoms with Crippen LogP contribution in [0.2, 0.25) is 0 Å². The van der Waals surface area contributed by atoms with Crippen LogP contribution in [-0.2, 0) is 91.9 Å². The molecule has 16 rings (SSSR count). The van der Waals surface area contributed by atoms with Crippen LogP contribution in [-0.4, -0.2) is 30.2 Å². The topological polar surface area (TPSA) is 142 Å². The third-order valence-electron chi connectivity index (χ3n) is 24.1. The van der Waals surface area contributed by atoms with E-state index >= 15 is 0 Å². The number of hydrogen-bond acceptors (Lipinski definition) is 8. The van der Waals surface area contributed by atoms with Gasteiger partial charge >= 0.3 is 39.0 Å². The van der Waals surface area contributed by atoms with Crippen molar-refractivity contribution >= 4 is 126 Å². The molecule has 4 aliphatic heterocycles. The number of rotatable bonds is 9. The van der Waals surface area contributed by atoms with Crippen molar-refractivity contribution in [1.29, 1.82) is 0 Å². The second-order valence-corrected chi connectivity index (χ2v) is 44.7. The van der Waals surface area contributed by atoms with Crippen LogP contribution < -0.4 is 19.9 Å². The maximum absolute atomic E-state index is 12.7. The summed E-state index contributed by atoms with van der Waals surface area (Å²) in [6.45, 7) is 58.0. The Kier molecular flexibility index (Phi) is 24.7. The molecule has 0 spiro atoms. The van der Waals surface area contributed by atoms with E-state index in [1.807, 2.05) is 24.3 Å². The minimum Gasteiger partial charge on any atom is -0.657 e. The first-order valence-electron chi connectivity index (χ1n) is 43.4. The summed E-state index contributed by atoms with van der Waals surface area (Å²) in [5.74, 6) is 0. The van der Waals surface area contributed by atoms with Crippen molar-refractivity contribution in [3.63, 3.8) is 0 Å². The second-order valence-electron chi connectivity index (χ2n) is 42.2. The molecule has 0 unspecified atom stereocenters. The average Bonchev–Trinajstić information content (AvgIpc) is 1.66. The summed E-state index contributed by atoms with van der Waals surface area (Å²) in [6, 6.07) is 61.9. The summed E-state index contributed by atoms with van der Waals surface area (Å²) in [5.41, 5.74) is 31.3. The van der Waals surface area contributed by atoms with Crippen molar-refractivity contribution in [2.75, 3.05) is 0 Å². The molecule has 0 saturated carbocycles. The largest absolute Gasteiger partial charge is 2.00 e. The van der Waals surface area contributed by atoms with Crippen LogP contribution in [0.15, 0.2) is 180 Å². The van der Waals surface area contributed by atoms with Gasteiger partial charge < -0.3 is 19.9 Å². The van der Waals surface area contributed by atoms with E-state index in [-0.39, 0.29) is 92.5 Å². The van der Waals surface area contributed by atoms with Crippen molar-refractivity contribution in [3.05, 3.63) is 260 Å². The maximum atomic E-state index is 12.7. The smallest absolute Gasteiger partial charge is 0.657 e. The van der Waals surface area contributed by atoms with Crippen molar-refractivity contribution < 1.29 is 48.5 Å². The Morgan fingerprint density at radius 3 is 0.524 bits per heavy atom. The molecule has 0 fully saturated rings. The van der Waals surface area contributed by atoms with E-state index in [1.165, 1.54) is 68.0 Å². The van der Waals surface area contributed by atoms with Crippen LogP contribution in [0.1, 0.15) is 270 Å².